The summed E-state index contributed by atoms with van der Waals surface area (Å²) in [5.41, 5.74) is 0.690. The number of imidazole rings is 1. The summed E-state index contributed by atoms with van der Waals surface area (Å²) < 4.78 is 7.83. The van der Waals surface area contributed by atoms with Crippen molar-refractivity contribution in [2.75, 3.05) is 0 Å². The second kappa shape index (κ2) is 1.78. The Morgan fingerprint density at radius 1 is 2.12 bits per heavy atom. The van der Waals surface area contributed by atoms with Gasteiger partial charge in [-0.25, -0.2) is 4.98 Å². The van der Waals surface area contributed by atoms with Crippen molar-refractivity contribution in [1.82, 2.24) is 9.55 Å². The van der Waals surface area contributed by atoms with Gasteiger partial charge in [0, 0.05) is 11.9 Å². The molecular weight excluding hydrogens is 104 g/mol. The second-order valence-corrected chi connectivity index (χ2v) is 1.50. The molecule has 3 nitrogen and oxygen atoms in total. The Balaban J connectivity index is 3.08. The summed E-state index contributed by atoms with van der Waals surface area (Å²) >= 11 is 0. The van der Waals surface area contributed by atoms with Crippen molar-refractivity contribution in [3.8, 4) is 0 Å². The molecule has 8 heavy (non-hydrogen) atoms. The van der Waals surface area contributed by atoms with Gasteiger partial charge >= 0.3 is 0 Å². The van der Waals surface area contributed by atoms with Crippen molar-refractivity contribution in [2.45, 2.75) is 6.92 Å². The number of nitrogens with zero attached hydrogens (tertiary/aromatic N) is 2. The van der Waals surface area contributed by atoms with E-state index in [0.717, 1.165) is 0 Å². The van der Waals surface area contributed by atoms with Crippen LogP contribution in [-0.2, 0) is 4.79 Å². The van der Waals surface area contributed by atoms with Gasteiger partial charge in [0.1, 0.15) is 7.70 Å². The molecule has 0 aliphatic carbocycles. The first-order valence-corrected chi connectivity index (χ1v) is 2.21. The highest BCUT2D eigenvalue weighted by molar-refractivity contribution is 5.52. The standard InChI is InChI=1S/C5H6N2O/c1-5-2-6-3-7(5)4-8/h2-4H,1H3/i4T. The molecule has 1 heterocycles. The minimum atomic E-state index is -0.745. The van der Waals surface area contributed by atoms with Crippen LogP contribution in [0.1, 0.15) is 7.06 Å². The molecule has 0 unspecified atom stereocenters. The first-order valence-electron chi connectivity index (χ1n) is 2.71. The summed E-state index contributed by atoms with van der Waals surface area (Å²) in [6, 6.07) is 0. The van der Waals surface area contributed by atoms with Crippen LogP contribution in [0.2, 0.25) is 0 Å². The summed E-state index contributed by atoms with van der Waals surface area (Å²) in [6.45, 7) is 1.72. The summed E-state index contributed by atoms with van der Waals surface area (Å²) in [7, 11) is 0. The topological polar surface area (TPSA) is 34.9 Å². The number of aryl methyl sites for hydroxylation is 1. The Morgan fingerprint density at radius 3 is 3.12 bits per heavy atom. The minimum Gasteiger partial charge on any atom is -0.278 e. The lowest BCUT2D eigenvalue weighted by molar-refractivity contribution is 0.546. The van der Waals surface area contributed by atoms with E-state index in [0.29, 0.717) is 5.69 Å². The molecule has 0 aliphatic heterocycles. The number of hydrogen-bond donors (Lipinski definition) is 0. The Bertz CT molecular complexity index is 231. The van der Waals surface area contributed by atoms with Crippen molar-refractivity contribution < 1.29 is 6.17 Å². The largest absolute Gasteiger partial charge is 0.278 e. The zero-order chi connectivity index (χ0) is 6.85. The fraction of sp³-hybridized carbons (Fsp3) is 0.200. The zero-order valence-corrected chi connectivity index (χ0v) is 4.46. The van der Waals surface area contributed by atoms with E-state index in [1.54, 1.807) is 6.92 Å². The van der Waals surface area contributed by atoms with Gasteiger partial charge in [-0.1, -0.05) is 0 Å². The van der Waals surface area contributed by atoms with E-state index in [1.807, 2.05) is 0 Å². The SMILES string of the molecule is [3H]C(=O)n1cncc1C. The van der Waals surface area contributed by atoms with E-state index >= 15 is 0 Å². The highest BCUT2D eigenvalue weighted by atomic mass is 16.1. The minimum absolute atomic E-state index is 0.690. The van der Waals surface area contributed by atoms with Gasteiger partial charge in [-0.3, -0.25) is 9.36 Å². The van der Waals surface area contributed by atoms with Crippen LogP contribution in [0.3, 0.4) is 0 Å². The lowest BCUT2D eigenvalue weighted by atomic mass is 10.5. The van der Waals surface area contributed by atoms with Crippen molar-refractivity contribution in [1.29, 1.82) is 0 Å². The third-order valence-electron chi connectivity index (χ3n) is 0.922. The van der Waals surface area contributed by atoms with E-state index in [4.69, 9.17) is 1.37 Å². The maximum Gasteiger partial charge on any atom is 0.219 e. The Hall–Kier alpha value is -1.12. The van der Waals surface area contributed by atoms with Crippen LogP contribution < -0.4 is 0 Å². The van der Waals surface area contributed by atoms with Gasteiger partial charge in [0.05, 0.1) is 0 Å². The molecule has 1 aromatic rings. The van der Waals surface area contributed by atoms with Gasteiger partial charge in [-0.15, -0.1) is 0 Å². The van der Waals surface area contributed by atoms with Crippen LogP contribution in [0, 0.1) is 6.92 Å². The van der Waals surface area contributed by atoms with E-state index < -0.39 is 6.39 Å². The number of carbonyl (C=O) groups excluding carboxylic acids is 1. The highest BCUT2D eigenvalue weighted by Gasteiger charge is 1.88. The van der Waals surface area contributed by atoms with Gasteiger partial charge in [0.15, 0.2) is 0 Å². The molecule has 0 radical (unpaired) electrons. The third-order valence-corrected chi connectivity index (χ3v) is 0.922. The molecule has 0 bridgehead atoms. The monoisotopic (exact) mass is 112 g/mol. The summed E-state index contributed by atoms with van der Waals surface area (Å²) in [6.07, 6.45) is 2.11. The molecule has 0 aromatic carbocycles. The zero-order valence-electron chi connectivity index (χ0n) is 5.46. The first kappa shape index (κ1) is 3.83. The lowest BCUT2D eigenvalue weighted by Crippen LogP contribution is -1.92. The summed E-state index contributed by atoms with van der Waals surface area (Å²) in [4.78, 5) is 14.0. The van der Waals surface area contributed by atoms with E-state index in [9.17, 15) is 4.79 Å². The summed E-state index contributed by atoms with van der Waals surface area (Å²) in [5.74, 6) is 0. The van der Waals surface area contributed by atoms with Crippen molar-refractivity contribution in [3.63, 3.8) is 0 Å². The quantitative estimate of drug-likeness (QED) is 0.450. The Morgan fingerprint density at radius 2 is 2.88 bits per heavy atom. The molecular formula is C5H6N2O. The molecule has 0 amide bonds. The molecule has 0 aliphatic rings. The second-order valence-electron chi connectivity index (χ2n) is 1.50. The molecule has 0 atom stereocenters. The van der Waals surface area contributed by atoms with Crippen LogP contribution in [0.4, 0.5) is 0 Å². The highest BCUT2D eigenvalue weighted by Crippen LogP contribution is 1.89. The van der Waals surface area contributed by atoms with Crippen LogP contribution >= 0.6 is 0 Å². The number of carbonyl (C=O) groups is 1. The average molecular weight is 112 g/mol. The van der Waals surface area contributed by atoms with Crippen molar-refractivity contribution >= 4 is 6.39 Å². The number of rotatable bonds is 0. The summed E-state index contributed by atoms with van der Waals surface area (Å²) in [5, 5.41) is 0. The molecule has 0 spiro atoms. The molecule has 3 heteroatoms. The average Bonchev–Trinajstić information content (AvgIpc) is 2.13. The van der Waals surface area contributed by atoms with Gasteiger partial charge in [-0.05, 0) is 6.92 Å². The van der Waals surface area contributed by atoms with Crippen LogP contribution in [0.15, 0.2) is 12.5 Å². The molecule has 1 aromatic heterocycles. The predicted octanol–water partition coefficient (Wildman–Crippen LogP) is 0.230. The Kier molecular flexibility index (Phi) is 0.850. The normalized spacial score (nSPS) is 10.9. The van der Waals surface area contributed by atoms with Crippen LogP contribution in [0.25, 0.3) is 0 Å². The van der Waals surface area contributed by atoms with Crippen molar-refractivity contribution in [2.24, 2.45) is 0 Å². The maximum absolute atomic E-state index is 10.3. The smallest absolute Gasteiger partial charge is 0.219 e. The molecule has 42 valence electrons. The van der Waals surface area contributed by atoms with Crippen LogP contribution in [-0.4, -0.2) is 15.9 Å². The van der Waals surface area contributed by atoms with E-state index in [2.05, 4.69) is 4.98 Å². The molecule has 0 fully saturated rings. The fourth-order valence-electron chi connectivity index (χ4n) is 0.457. The fourth-order valence-corrected chi connectivity index (χ4v) is 0.457. The molecule has 0 saturated heterocycles. The number of aromatic nitrogens is 2. The predicted molar refractivity (Wildman–Crippen MR) is 29.1 cm³/mol. The third kappa shape index (κ3) is 0.621. The van der Waals surface area contributed by atoms with Gasteiger partial charge < -0.3 is 0 Å². The van der Waals surface area contributed by atoms with Gasteiger partial charge in [-0.2, -0.15) is 0 Å². The molecule has 0 saturated carbocycles. The van der Waals surface area contributed by atoms with E-state index in [-0.39, 0.29) is 0 Å². The molecule has 0 N–H and O–H groups in total. The molecule has 1 rings (SSSR count). The Labute approximate surface area is 48.4 Å². The van der Waals surface area contributed by atoms with Crippen LogP contribution in [0.5, 0.6) is 0 Å². The van der Waals surface area contributed by atoms with Gasteiger partial charge in [0.2, 0.25) is 6.39 Å². The van der Waals surface area contributed by atoms with Gasteiger partial charge in [0.25, 0.3) is 0 Å². The van der Waals surface area contributed by atoms with Crippen molar-refractivity contribution in [3.05, 3.63) is 18.2 Å². The number of hydrogen-bond acceptors (Lipinski definition) is 2. The lowest BCUT2D eigenvalue weighted by Gasteiger charge is -1.85. The van der Waals surface area contributed by atoms with E-state index in [1.165, 1.54) is 17.1 Å². The first-order chi connectivity index (χ1) is 4.22. The maximum atomic E-state index is 10.3.